The predicted molar refractivity (Wildman–Crippen MR) is 85.2 cm³/mol. The van der Waals surface area contributed by atoms with Gasteiger partial charge >= 0.3 is 0 Å². The molecular weight excluding hydrogens is 333 g/mol. The van der Waals surface area contributed by atoms with E-state index in [-0.39, 0.29) is 18.7 Å². The van der Waals surface area contributed by atoms with E-state index in [1.54, 1.807) is 12.1 Å². The molecule has 1 heterocycles. The molecule has 2 aromatic carbocycles. The van der Waals surface area contributed by atoms with E-state index in [0.29, 0.717) is 17.2 Å². The molecule has 0 bridgehead atoms. The predicted octanol–water partition coefficient (Wildman–Crippen LogP) is 4.33. The van der Waals surface area contributed by atoms with Crippen LogP contribution in [0.3, 0.4) is 0 Å². The number of amides is 1. The minimum atomic E-state index is -0.844. The van der Waals surface area contributed by atoms with Crippen molar-refractivity contribution in [3.8, 4) is 11.3 Å². The van der Waals surface area contributed by atoms with Gasteiger partial charge in [0.1, 0.15) is 23.1 Å². The zero-order chi connectivity index (χ0) is 17.8. The summed E-state index contributed by atoms with van der Waals surface area (Å²) in [6, 6.07) is 9.02. The third kappa shape index (κ3) is 4.06. The van der Waals surface area contributed by atoms with Gasteiger partial charge in [0.15, 0.2) is 11.7 Å². The van der Waals surface area contributed by atoms with Crippen molar-refractivity contribution in [2.75, 3.05) is 5.32 Å². The monoisotopic (exact) mass is 346 g/mol. The van der Waals surface area contributed by atoms with E-state index >= 15 is 0 Å². The lowest BCUT2D eigenvalue weighted by Gasteiger charge is -2.06. The summed E-state index contributed by atoms with van der Waals surface area (Å²) in [6.45, 7) is 0. The first-order valence-corrected chi connectivity index (χ1v) is 7.47. The molecule has 1 N–H and O–H groups in total. The van der Waals surface area contributed by atoms with Crippen LogP contribution in [0.4, 0.5) is 18.9 Å². The Morgan fingerprint density at radius 1 is 1.04 bits per heavy atom. The number of nitrogens with one attached hydrogen (secondary N) is 1. The number of para-hydroxylation sites is 1. The summed E-state index contributed by atoms with van der Waals surface area (Å²) in [5.41, 5.74) is 0.171. The average molecular weight is 346 g/mol. The van der Waals surface area contributed by atoms with Crippen LogP contribution in [-0.2, 0) is 11.2 Å². The number of benzene rings is 2. The third-order valence-corrected chi connectivity index (χ3v) is 3.48. The second kappa shape index (κ2) is 7.21. The number of carbonyl (C=O) groups is 1. The summed E-state index contributed by atoms with van der Waals surface area (Å²) in [6.07, 6.45) is 1.57. The number of hydrogen-bond acceptors (Lipinski definition) is 3. The van der Waals surface area contributed by atoms with Gasteiger partial charge in [-0.05, 0) is 36.4 Å². The maximum atomic E-state index is 13.5. The molecule has 0 aliphatic carbocycles. The lowest BCUT2D eigenvalue weighted by molar-refractivity contribution is -0.116. The highest BCUT2D eigenvalue weighted by atomic mass is 19.1. The van der Waals surface area contributed by atoms with E-state index in [0.717, 1.165) is 12.1 Å². The largest absolute Gasteiger partial charge is 0.441 e. The van der Waals surface area contributed by atoms with Gasteiger partial charge in [-0.3, -0.25) is 4.79 Å². The van der Waals surface area contributed by atoms with E-state index < -0.39 is 23.2 Å². The lowest BCUT2D eigenvalue weighted by Crippen LogP contribution is -2.14. The van der Waals surface area contributed by atoms with Crippen LogP contribution in [0, 0.1) is 17.5 Å². The minimum absolute atomic E-state index is 0.0584. The number of aryl methyl sites for hydroxylation is 1. The molecule has 0 fully saturated rings. The van der Waals surface area contributed by atoms with E-state index in [9.17, 15) is 18.0 Å². The second-order valence-corrected chi connectivity index (χ2v) is 5.27. The Kier molecular flexibility index (Phi) is 4.83. The van der Waals surface area contributed by atoms with Crippen molar-refractivity contribution in [3.63, 3.8) is 0 Å². The standard InChI is InChI=1S/C18H13F3N2O2/c19-12-6-4-11(5-7-12)15-10-22-17(25-15)9-8-16(24)23-18-13(20)2-1-3-14(18)21/h1-7,10H,8-9H2,(H,23,24). The van der Waals surface area contributed by atoms with Crippen molar-refractivity contribution < 1.29 is 22.4 Å². The van der Waals surface area contributed by atoms with E-state index in [2.05, 4.69) is 10.3 Å². The normalized spacial score (nSPS) is 10.7. The van der Waals surface area contributed by atoms with Gasteiger partial charge in [-0.2, -0.15) is 0 Å². The Balaban J connectivity index is 1.60. The third-order valence-electron chi connectivity index (χ3n) is 3.48. The number of anilines is 1. The summed E-state index contributed by atoms with van der Waals surface area (Å²) in [5, 5.41) is 2.19. The van der Waals surface area contributed by atoms with Gasteiger partial charge in [-0.15, -0.1) is 0 Å². The van der Waals surface area contributed by atoms with Crippen molar-refractivity contribution in [2.45, 2.75) is 12.8 Å². The van der Waals surface area contributed by atoms with E-state index in [4.69, 9.17) is 4.42 Å². The smallest absolute Gasteiger partial charge is 0.225 e. The molecule has 0 aliphatic rings. The SMILES string of the molecule is O=C(CCc1ncc(-c2ccc(F)cc2)o1)Nc1c(F)cccc1F. The number of rotatable bonds is 5. The molecular formula is C18H13F3N2O2. The van der Waals surface area contributed by atoms with E-state index in [1.165, 1.54) is 24.4 Å². The highest BCUT2D eigenvalue weighted by Crippen LogP contribution is 2.22. The van der Waals surface area contributed by atoms with Crippen LogP contribution in [0.1, 0.15) is 12.3 Å². The Labute approximate surface area is 141 Å². The molecule has 1 amide bonds. The molecule has 128 valence electrons. The number of aromatic nitrogens is 1. The summed E-state index contributed by atoms with van der Waals surface area (Å²) < 4.78 is 45.4. The Bertz CT molecular complexity index is 871. The number of oxazole rings is 1. The van der Waals surface area contributed by atoms with Crippen molar-refractivity contribution in [2.24, 2.45) is 0 Å². The lowest BCUT2D eigenvalue weighted by atomic mass is 10.2. The quantitative estimate of drug-likeness (QED) is 0.748. The van der Waals surface area contributed by atoms with Gasteiger partial charge in [0.05, 0.1) is 6.20 Å². The topological polar surface area (TPSA) is 55.1 Å². The fraction of sp³-hybridized carbons (Fsp3) is 0.111. The molecule has 3 aromatic rings. The number of nitrogens with zero attached hydrogens (tertiary/aromatic N) is 1. The maximum Gasteiger partial charge on any atom is 0.225 e. The molecule has 7 heteroatoms. The number of carbonyl (C=O) groups excluding carboxylic acids is 1. The Morgan fingerprint density at radius 3 is 2.40 bits per heavy atom. The first-order chi connectivity index (χ1) is 12.0. The van der Waals surface area contributed by atoms with Crippen molar-refractivity contribution in [1.82, 2.24) is 4.98 Å². The molecule has 0 saturated heterocycles. The molecule has 0 unspecified atom stereocenters. The molecule has 0 saturated carbocycles. The molecule has 0 aliphatic heterocycles. The van der Waals surface area contributed by atoms with Crippen LogP contribution in [0.15, 0.2) is 53.1 Å². The highest BCUT2D eigenvalue weighted by Gasteiger charge is 2.13. The zero-order valence-corrected chi connectivity index (χ0v) is 12.9. The van der Waals surface area contributed by atoms with Crippen molar-refractivity contribution >= 4 is 11.6 Å². The van der Waals surface area contributed by atoms with Crippen LogP contribution in [-0.4, -0.2) is 10.9 Å². The summed E-state index contributed by atoms with van der Waals surface area (Å²) >= 11 is 0. The highest BCUT2D eigenvalue weighted by molar-refractivity contribution is 5.91. The fourth-order valence-corrected chi connectivity index (χ4v) is 2.21. The molecule has 4 nitrogen and oxygen atoms in total. The van der Waals surface area contributed by atoms with Gasteiger partial charge < -0.3 is 9.73 Å². The molecule has 0 radical (unpaired) electrons. The van der Waals surface area contributed by atoms with Crippen LogP contribution in [0.2, 0.25) is 0 Å². The van der Waals surface area contributed by atoms with Crippen LogP contribution in [0.5, 0.6) is 0 Å². The zero-order valence-electron chi connectivity index (χ0n) is 12.9. The average Bonchev–Trinajstić information content (AvgIpc) is 3.06. The fourth-order valence-electron chi connectivity index (χ4n) is 2.21. The molecule has 1 aromatic heterocycles. The molecule has 25 heavy (non-hydrogen) atoms. The van der Waals surface area contributed by atoms with Gasteiger partial charge in [-0.25, -0.2) is 18.2 Å². The van der Waals surface area contributed by atoms with E-state index in [1.807, 2.05) is 0 Å². The van der Waals surface area contributed by atoms with Crippen molar-refractivity contribution in [1.29, 1.82) is 0 Å². The summed E-state index contributed by atoms with van der Waals surface area (Å²) in [5.74, 6) is -1.88. The molecule has 0 spiro atoms. The number of hydrogen-bond donors (Lipinski definition) is 1. The van der Waals surface area contributed by atoms with Gasteiger partial charge in [0.2, 0.25) is 5.91 Å². The van der Waals surface area contributed by atoms with Gasteiger partial charge in [0, 0.05) is 18.4 Å². The summed E-state index contributed by atoms with van der Waals surface area (Å²) in [4.78, 5) is 15.9. The van der Waals surface area contributed by atoms with Crippen LogP contribution >= 0.6 is 0 Å². The van der Waals surface area contributed by atoms with Crippen molar-refractivity contribution in [3.05, 3.63) is 72.0 Å². The Hall–Kier alpha value is -3.09. The summed E-state index contributed by atoms with van der Waals surface area (Å²) in [7, 11) is 0. The first kappa shape index (κ1) is 16.8. The van der Waals surface area contributed by atoms with Crippen LogP contribution in [0.25, 0.3) is 11.3 Å². The molecule has 0 atom stereocenters. The van der Waals surface area contributed by atoms with Gasteiger partial charge in [0.25, 0.3) is 0 Å². The number of halogens is 3. The molecule has 3 rings (SSSR count). The second-order valence-electron chi connectivity index (χ2n) is 5.27. The van der Waals surface area contributed by atoms with Crippen LogP contribution < -0.4 is 5.32 Å². The Morgan fingerprint density at radius 2 is 1.72 bits per heavy atom. The van der Waals surface area contributed by atoms with Gasteiger partial charge in [-0.1, -0.05) is 6.07 Å². The minimum Gasteiger partial charge on any atom is -0.441 e. The first-order valence-electron chi connectivity index (χ1n) is 7.47. The maximum absolute atomic E-state index is 13.5.